The van der Waals surface area contributed by atoms with Gasteiger partial charge in [0, 0.05) is 9.85 Å². The molecule has 0 radical (unpaired) electrons. The van der Waals surface area contributed by atoms with Gasteiger partial charge in [-0.1, -0.05) is 28.1 Å². The first-order chi connectivity index (χ1) is 8.19. The summed E-state index contributed by atoms with van der Waals surface area (Å²) in [6.07, 6.45) is 0.957. The first-order valence-electron chi connectivity index (χ1n) is 5.53. The first kappa shape index (κ1) is 12.7. The third-order valence-electron chi connectivity index (χ3n) is 2.67. The van der Waals surface area contributed by atoms with E-state index in [1.54, 1.807) is 11.3 Å². The summed E-state index contributed by atoms with van der Waals surface area (Å²) in [5.74, 6) is 0. The minimum Gasteiger partial charge on any atom is -0.311 e. The van der Waals surface area contributed by atoms with E-state index in [1.807, 2.05) is 20.0 Å². The smallest absolute Gasteiger partial charge is 0.0898 e. The number of aromatic nitrogens is 1. The molecule has 0 fully saturated rings. The van der Waals surface area contributed by atoms with E-state index in [0.717, 1.165) is 21.6 Å². The van der Waals surface area contributed by atoms with Crippen LogP contribution in [0.5, 0.6) is 0 Å². The zero-order valence-corrected chi connectivity index (χ0v) is 12.3. The number of rotatable bonds is 4. The molecule has 2 rings (SSSR count). The molecule has 1 heterocycles. The average Bonchev–Trinajstić information content (AvgIpc) is 2.73. The fourth-order valence-electron chi connectivity index (χ4n) is 1.79. The Morgan fingerprint density at radius 2 is 2.29 bits per heavy atom. The molecule has 0 aliphatic rings. The molecule has 17 heavy (non-hydrogen) atoms. The number of thiazole rings is 1. The molecule has 1 aromatic carbocycles. The van der Waals surface area contributed by atoms with Gasteiger partial charge in [-0.3, -0.25) is 0 Å². The molecule has 0 amide bonds. The van der Waals surface area contributed by atoms with Crippen LogP contribution in [-0.4, -0.2) is 12.0 Å². The van der Waals surface area contributed by atoms with Crippen molar-refractivity contribution in [3.05, 3.63) is 50.4 Å². The molecular formula is C13H15BrN2S. The van der Waals surface area contributed by atoms with Crippen LogP contribution in [0.25, 0.3) is 0 Å². The van der Waals surface area contributed by atoms with Crippen LogP contribution in [-0.2, 0) is 6.42 Å². The number of hydrogen-bond donors (Lipinski definition) is 1. The highest BCUT2D eigenvalue weighted by Crippen LogP contribution is 2.21. The lowest BCUT2D eigenvalue weighted by Gasteiger charge is -2.14. The second kappa shape index (κ2) is 5.76. The fraction of sp³-hybridized carbons (Fsp3) is 0.308. The number of halogens is 1. The summed E-state index contributed by atoms with van der Waals surface area (Å²) in [6, 6.07) is 8.70. The average molecular weight is 311 g/mol. The van der Waals surface area contributed by atoms with Crippen LogP contribution in [0.3, 0.4) is 0 Å². The Balaban J connectivity index is 2.15. The molecule has 1 N–H and O–H groups in total. The number of nitrogens with one attached hydrogen (secondary N) is 1. The largest absolute Gasteiger partial charge is 0.311 e. The summed E-state index contributed by atoms with van der Waals surface area (Å²) in [4.78, 5) is 4.54. The van der Waals surface area contributed by atoms with E-state index in [-0.39, 0.29) is 6.04 Å². The van der Waals surface area contributed by atoms with Gasteiger partial charge < -0.3 is 5.32 Å². The fourth-order valence-corrected chi connectivity index (χ4v) is 2.91. The van der Waals surface area contributed by atoms with Crippen LogP contribution >= 0.6 is 27.3 Å². The van der Waals surface area contributed by atoms with Crippen LogP contribution in [0.4, 0.5) is 0 Å². The molecule has 90 valence electrons. The maximum Gasteiger partial charge on any atom is 0.0898 e. The van der Waals surface area contributed by atoms with E-state index in [0.29, 0.717) is 0 Å². The lowest BCUT2D eigenvalue weighted by Crippen LogP contribution is -2.19. The molecular weight excluding hydrogens is 296 g/mol. The van der Waals surface area contributed by atoms with E-state index in [4.69, 9.17) is 0 Å². The van der Waals surface area contributed by atoms with Crippen molar-refractivity contribution >= 4 is 27.3 Å². The molecule has 0 saturated carbocycles. The van der Waals surface area contributed by atoms with Crippen LogP contribution in [0.2, 0.25) is 0 Å². The quantitative estimate of drug-likeness (QED) is 0.931. The molecule has 2 aromatic rings. The van der Waals surface area contributed by atoms with Gasteiger partial charge in [0.2, 0.25) is 0 Å². The number of aryl methyl sites for hydroxylation is 1. The predicted octanol–water partition coefficient (Wildman–Crippen LogP) is 3.72. The van der Waals surface area contributed by atoms with Crippen molar-refractivity contribution in [2.45, 2.75) is 19.4 Å². The Morgan fingerprint density at radius 3 is 2.88 bits per heavy atom. The molecule has 4 heteroatoms. The van der Waals surface area contributed by atoms with Gasteiger partial charge in [-0.05, 0) is 38.1 Å². The maximum atomic E-state index is 4.54. The molecule has 1 aromatic heterocycles. The lowest BCUT2D eigenvalue weighted by atomic mass is 10.0. The molecule has 1 atom stereocenters. The Bertz CT molecular complexity index is 496. The number of hydrogen-bond acceptors (Lipinski definition) is 3. The summed E-state index contributed by atoms with van der Waals surface area (Å²) in [5.41, 5.74) is 2.44. The highest BCUT2D eigenvalue weighted by Gasteiger charge is 2.13. The Morgan fingerprint density at radius 1 is 1.47 bits per heavy atom. The van der Waals surface area contributed by atoms with Gasteiger partial charge in [-0.2, -0.15) is 0 Å². The Kier molecular flexibility index (Phi) is 4.31. The molecule has 2 nitrogen and oxygen atoms in total. The van der Waals surface area contributed by atoms with Crippen molar-refractivity contribution < 1.29 is 0 Å². The zero-order valence-electron chi connectivity index (χ0n) is 9.90. The Labute approximate surface area is 114 Å². The topological polar surface area (TPSA) is 24.9 Å². The monoisotopic (exact) mass is 310 g/mol. The molecule has 0 aliphatic heterocycles. The molecule has 0 saturated heterocycles. The minimum atomic E-state index is 0.286. The van der Waals surface area contributed by atoms with Crippen LogP contribution < -0.4 is 5.32 Å². The van der Waals surface area contributed by atoms with E-state index in [9.17, 15) is 0 Å². The highest BCUT2D eigenvalue weighted by atomic mass is 79.9. The number of nitrogens with zero attached hydrogens (tertiary/aromatic N) is 1. The Hall–Kier alpha value is -0.710. The standard InChI is InChI=1S/C13H15BrN2S/c1-9-16-13(8-17-9)12(15-2)7-10-4-3-5-11(14)6-10/h3-6,8,12,15H,7H2,1-2H3. The summed E-state index contributed by atoms with van der Waals surface area (Å²) in [7, 11) is 1.98. The van der Waals surface area contributed by atoms with Crippen molar-refractivity contribution in [3.63, 3.8) is 0 Å². The van der Waals surface area contributed by atoms with Crippen molar-refractivity contribution in [3.8, 4) is 0 Å². The summed E-state index contributed by atoms with van der Waals surface area (Å²) in [5, 5.41) is 6.58. The molecule has 0 aliphatic carbocycles. The minimum absolute atomic E-state index is 0.286. The van der Waals surface area contributed by atoms with Gasteiger partial charge in [0.25, 0.3) is 0 Å². The van der Waals surface area contributed by atoms with Gasteiger partial charge in [0.15, 0.2) is 0 Å². The van der Waals surface area contributed by atoms with Crippen LogP contribution in [0, 0.1) is 6.92 Å². The number of benzene rings is 1. The van der Waals surface area contributed by atoms with Gasteiger partial charge in [0.05, 0.1) is 16.7 Å². The van der Waals surface area contributed by atoms with Gasteiger partial charge in [0.1, 0.15) is 0 Å². The van der Waals surface area contributed by atoms with Crippen molar-refractivity contribution in [1.82, 2.24) is 10.3 Å². The summed E-state index contributed by atoms with van der Waals surface area (Å²) < 4.78 is 1.12. The normalized spacial score (nSPS) is 12.6. The van der Waals surface area contributed by atoms with Crippen LogP contribution in [0.15, 0.2) is 34.1 Å². The summed E-state index contributed by atoms with van der Waals surface area (Å²) in [6.45, 7) is 2.04. The zero-order chi connectivity index (χ0) is 12.3. The second-order valence-corrected chi connectivity index (χ2v) is 5.94. The van der Waals surface area contributed by atoms with Crippen molar-refractivity contribution in [2.75, 3.05) is 7.05 Å². The molecule has 0 bridgehead atoms. The molecule has 0 spiro atoms. The second-order valence-electron chi connectivity index (χ2n) is 3.97. The van der Waals surface area contributed by atoms with E-state index in [1.165, 1.54) is 5.56 Å². The molecule has 1 unspecified atom stereocenters. The third kappa shape index (κ3) is 3.37. The highest BCUT2D eigenvalue weighted by molar-refractivity contribution is 9.10. The van der Waals surface area contributed by atoms with Crippen LogP contribution in [0.1, 0.15) is 22.3 Å². The van der Waals surface area contributed by atoms with Gasteiger partial charge in [-0.15, -0.1) is 11.3 Å². The lowest BCUT2D eigenvalue weighted by molar-refractivity contribution is 0.578. The van der Waals surface area contributed by atoms with Crippen molar-refractivity contribution in [2.24, 2.45) is 0 Å². The van der Waals surface area contributed by atoms with E-state index in [2.05, 4.69) is 49.8 Å². The van der Waals surface area contributed by atoms with E-state index >= 15 is 0 Å². The van der Waals surface area contributed by atoms with Crippen molar-refractivity contribution in [1.29, 1.82) is 0 Å². The predicted molar refractivity (Wildman–Crippen MR) is 76.5 cm³/mol. The van der Waals surface area contributed by atoms with E-state index < -0.39 is 0 Å². The SMILES string of the molecule is CNC(Cc1cccc(Br)c1)c1csc(C)n1. The summed E-state index contributed by atoms with van der Waals surface area (Å²) >= 11 is 5.20. The van der Waals surface area contributed by atoms with Gasteiger partial charge >= 0.3 is 0 Å². The van der Waals surface area contributed by atoms with Gasteiger partial charge in [-0.25, -0.2) is 4.98 Å². The number of likely N-dealkylation sites (N-methyl/N-ethyl adjacent to an activating group) is 1. The third-order valence-corrected chi connectivity index (χ3v) is 3.96. The maximum absolute atomic E-state index is 4.54. The first-order valence-corrected chi connectivity index (χ1v) is 7.20.